The molecule has 5 heteroatoms. The highest BCUT2D eigenvalue weighted by Crippen LogP contribution is 2.25. The Balaban J connectivity index is 2.08. The number of ether oxygens (including phenoxy) is 1. The van der Waals surface area contributed by atoms with Gasteiger partial charge in [0.15, 0.2) is 12.0 Å². The van der Waals surface area contributed by atoms with Crippen molar-refractivity contribution in [2.24, 2.45) is 0 Å². The first kappa shape index (κ1) is 14.2. The number of benzene rings is 2. The van der Waals surface area contributed by atoms with Crippen LogP contribution in [0.1, 0.15) is 0 Å². The molecule has 0 N–H and O–H groups in total. The molecule has 2 aromatic carbocycles. The Kier molecular flexibility index (Phi) is 3.82. The summed E-state index contributed by atoms with van der Waals surface area (Å²) in [5.74, 6) is 0.931. The highest BCUT2D eigenvalue weighted by atomic mass is 35.5. The van der Waals surface area contributed by atoms with E-state index in [1.54, 1.807) is 42.5 Å². The van der Waals surface area contributed by atoms with Crippen molar-refractivity contribution in [3.63, 3.8) is 0 Å². The smallest absolute Gasteiger partial charge is 0.193 e. The highest BCUT2D eigenvalue weighted by Gasteiger charge is 2.08. The standard InChI is InChI=1S/C17H10ClNO3/c18-12-3-1-11(2-4-12)17-10-15(20)14-9-13(21-8-7-19)5-6-16(14)22-17/h1-6,9-10H,8H2. The van der Waals surface area contributed by atoms with Gasteiger partial charge in [0, 0.05) is 16.7 Å². The van der Waals surface area contributed by atoms with Gasteiger partial charge in [0.05, 0.1) is 5.39 Å². The minimum absolute atomic E-state index is 0.0697. The lowest BCUT2D eigenvalue weighted by Crippen LogP contribution is -2.01. The fourth-order valence-corrected chi connectivity index (χ4v) is 2.22. The van der Waals surface area contributed by atoms with Gasteiger partial charge < -0.3 is 9.15 Å². The van der Waals surface area contributed by atoms with E-state index in [1.165, 1.54) is 6.07 Å². The molecule has 108 valence electrons. The lowest BCUT2D eigenvalue weighted by molar-refractivity contribution is 0.368. The van der Waals surface area contributed by atoms with Crippen molar-refractivity contribution in [2.45, 2.75) is 0 Å². The molecule has 1 aromatic heterocycles. The van der Waals surface area contributed by atoms with E-state index in [9.17, 15) is 4.79 Å². The zero-order chi connectivity index (χ0) is 15.5. The summed E-state index contributed by atoms with van der Waals surface area (Å²) >= 11 is 5.86. The van der Waals surface area contributed by atoms with Crippen LogP contribution in [0, 0.1) is 11.3 Å². The summed E-state index contributed by atoms with van der Waals surface area (Å²) in [4.78, 5) is 12.3. The van der Waals surface area contributed by atoms with Crippen LogP contribution >= 0.6 is 11.6 Å². The molecule has 3 aromatic rings. The quantitative estimate of drug-likeness (QED) is 0.733. The predicted octanol–water partition coefficient (Wildman–Crippen LogP) is 4.02. The number of nitriles is 1. The lowest BCUT2D eigenvalue weighted by Gasteiger charge is -2.05. The van der Waals surface area contributed by atoms with E-state index in [4.69, 9.17) is 26.0 Å². The maximum Gasteiger partial charge on any atom is 0.193 e. The molecule has 22 heavy (non-hydrogen) atoms. The molecule has 0 aliphatic carbocycles. The van der Waals surface area contributed by atoms with E-state index in [1.807, 2.05) is 6.07 Å². The maximum absolute atomic E-state index is 12.3. The normalized spacial score (nSPS) is 10.4. The average Bonchev–Trinajstić information content (AvgIpc) is 2.53. The molecule has 1 heterocycles. The van der Waals surface area contributed by atoms with E-state index in [0.29, 0.717) is 27.5 Å². The number of hydrogen-bond donors (Lipinski definition) is 0. The van der Waals surface area contributed by atoms with Crippen LogP contribution in [0.25, 0.3) is 22.3 Å². The second-order valence-electron chi connectivity index (χ2n) is 4.59. The Morgan fingerprint density at radius 3 is 2.64 bits per heavy atom. The molecule has 0 radical (unpaired) electrons. The maximum atomic E-state index is 12.3. The largest absolute Gasteiger partial charge is 0.479 e. The molecule has 0 aliphatic heterocycles. The summed E-state index contributed by atoms with van der Waals surface area (Å²) in [5, 5.41) is 9.54. The first-order valence-electron chi connectivity index (χ1n) is 6.51. The van der Waals surface area contributed by atoms with Crippen LogP contribution in [0.5, 0.6) is 5.75 Å². The molecule has 0 saturated carbocycles. The molecular weight excluding hydrogens is 302 g/mol. The molecule has 0 atom stereocenters. The van der Waals surface area contributed by atoms with Gasteiger partial charge in [0.1, 0.15) is 23.2 Å². The molecule has 0 spiro atoms. The number of nitrogens with zero attached hydrogens (tertiary/aromatic N) is 1. The first-order chi connectivity index (χ1) is 10.7. The van der Waals surface area contributed by atoms with E-state index in [2.05, 4.69) is 0 Å². The van der Waals surface area contributed by atoms with Crippen molar-refractivity contribution in [1.82, 2.24) is 0 Å². The van der Waals surface area contributed by atoms with Gasteiger partial charge in [-0.15, -0.1) is 0 Å². The number of halogens is 1. The molecule has 0 bridgehead atoms. The molecule has 3 rings (SSSR count). The third kappa shape index (κ3) is 2.80. The molecule has 0 saturated heterocycles. The van der Waals surface area contributed by atoms with Crippen LogP contribution < -0.4 is 10.2 Å². The fraction of sp³-hybridized carbons (Fsp3) is 0.0588. The summed E-state index contributed by atoms with van der Waals surface area (Å²) in [6, 6.07) is 15.2. The summed E-state index contributed by atoms with van der Waals surface area (Å²) in [5.41, 5.74) is 1.06. The van der Waals surface area contributed by atoms with Crippen LogP contribution in [-0.4, -0.2) is 6.61 Å². The summed E-state index contributed by atoms with van der Waals surface area (Å²) in [6.07, 6.45) is 0. The zero-order valence-electron chi connectivity index (χ0n) is 11.4. The Morgan fingerprint density at radius 2 is 1.91 bits per heavy atom. The van der Waals surface area contributed by atoms with Crippen LogP contribution in [0.15, 0.2) is 57.7 Å². The van der Waals surface area contributed by atoms with Crippen molar-refractivity contribution in [2.75, 3.05) is 6.61 Å². The van der Waals surface area contributed by atoms with Crippen molar-refractivity contribution >= 4 is 22.6 Å². The zero-order valence-corrected chi connectivity index (χ0v) is 12.1. The molecule has 0 fully saturated rings. The number of hydrogen-bond acceptors (Lipinski definition) is 4. The minimum atomic E-state index is -0.173. The van der Waals surface area contributed by atoms with E-state index in [0.717, 1.165) is 5.56 Å². The summed E-state index contributed by atoms with van der Waals surface area (Å²) in [6.45, 7) is -0.0697. The van der Waals surface area contributed by atoms with Gasteiger partial charge in [-0.2, -0.15) is 5.26 Å². The first-order valence-corrected chi connectivity index (χ1v) is 6.89. The van der Waals surface area contributed by atoms with Crippen LogP contribution in [-0.2, 0) is 0 Å². The average molecular weight is 312 g/mol. The SMILES string of the molecule is N#CCOc1ccc2oc(-c3ccc(Cl)cc3)cc(=O)c2c1. The third-order valence-corrected chi connectivity index (χ3v) is 3.38. The van der Waals surface area contributed by atoms with Gasteiger partial charge in [0.25, 0.3) is 0 Å². The highest BCUT2D eigenvalue weighted by molar-refractivity contribution is 6.30. The number of fused-ring (bicyclic) bond motifs is 1. The summed E-state index contributed by atoms with van der Waals surface area (Å²) in [7, 11) is 0. The van der Waals surface area contributed by atoms with Crippen molar-refractivity contribution < 1.29 is 9.15 Å². The van der Waals surface area contributed by atoms with Crippen molar-refractivity contribution in [1.29, 1.82) is 5.26 Å². The Morgan fingerprint density at radius 1 is 1.14 bits per heavy atom. The van der Waals surface area contributed by atoms with Gasteiger partial charge in [-0.25, -0.2) is 0 Å². The monoisotopic (exact) mass is 311 g/mol. The third-order valence-electron chi connectivity index (χ3n) is 3.13. The van der Waals surface area contributed by atoms with Gasteiger partial charge in [-0.1, -0.05) is 11.6 Å². The van der Waals surface area contributed by atoms with Gasteiger partial charge in [-0.05, 0) is 42.5 Å². The Labute approximate surface area is 131 Å². The van der Waals surface area contributed by atoms with Crippen LogP contribution in [0.2, 0.25) is 5.02 Å². The fourth-order valence-electron chi connectivity index (χ4n) is 2.10. The lowest BCUT2D eigenvalue weighted by atomic mass is 10.1. The predicted molar refractivity (Wildman–Crippen MR) is 84.0 cm³/mol. The second-order valence-corrected chi connectivity index (χ2v) is 5.02. The van der Waals surface area contributed by atoms with Crippen LogP contribution in [0.4, 0.5) is 0 Å². The summed E-state index contributed by atoms with van der Waals surface area (Å²) < 4.78 is 11.0. The van der Waals surface area contributed by atoms with E-state index in [-0.39, 0.29) is 12.0 Å². The van der Waals surface area contributed by atoms with E-state index >= 15 is 0 Å². The molecular formula is C17H10ClNO3. The van der Waals surface area contributed by atoms with Crippen molar-refractivity contribution in [3.05, 3.63) is 63.8 Å². The van der Waals surface area contributed by atoms with Gasteiger partial charge in [-0.3, -0.25) is 4.79 Å². The molecule has 0 unspecified atom stereocenters. The molecule has 0 amide bonds. The second kappa shape index (κ2) is 5.92. The topological polar surface area (TPSA) is 63.2 Å². The van der Waals surface area contributed by atoms with E-state index < -0.39 is 0 Å². The Bertz CT molecular complexity index is 923. The molecule has 0 aliphatic rings. The Hall–Kier alpha value is -2.77. The van der Waals surface area contributed by atoms with Gasteiger partial charge >= 0.3 is 0 Å². The minimum Gasteiger partial charge on any atom is -0.479 e. The number of rotatable bonds is 3. The molecule has 4 nitrogen and oxygen atoms in total. The van der Waals surface area contributed by atoms with Crippen LogP contribution in [0.3, 0.4) is 0 Å². The van der Waals surface area contributed by atoms with Gasteiger partial charge in [0.2, 0.25) is 0 Å². The van der Waals surface area contributed by atoms with Crippen molar-refractivity contribution in [3.8, 4) is 23.1 Å².